The third-order valence-electron chi connectivity index (χ3n) is 5.20. The van der Waals surface area contributed by atoms with Crippen LogP contribution in [0, 0.1) is 5.82 Å². The average Bonchev–Trinajstić information content (AvgIpc) is 3.13. The SMILES string of the molecule is Cl.NC(=O)CCC1CN(c2ccc(-c3cnc(N4CCNCC4)nc3)c(F)c2)C(=O)O1. The number of rotatable bonds is 6. The molecule has 11 heteroatoms. The number of nitrogens with two attached hydrogens (primary N) is 1. The van der Waals surface area contributed by atoms with Crippen LogP contribution in [-0.2, 0) is 9.53 Å². The molecule has 1 aromatic heterocycles. The summed E-state index contributed by atoms with van der Waals surface area (Å²) in [6.07, 6.45) is 2.66. The lowest BCUT2D eigenvalue weighted by Gasteiger charge is -2.27. The maximum atomic E-state index is 14.8. The minimum Gasteiger partial charge on any atom is -0.444 e. The van der Waals surface area contributed by atoms with E-state index in [1.54, 1.807) is 24.5 Å². The maximum absolute atomic E-state index is 14.8. The zero-order valence-corrected chi connectivity index (χ0v) is 17.6. The molecule has 9 nitrogen and oxygen atoms in total. The Labute approximate surface area is 185 Å². The molecule has 1 aromatic carbocycles. The Morgan fingerprint density at radius 2 is 1.97 bits per heavy atom. The number of carbonyl (C=O) groups is 2. The summed E-state index contributed by atoms with van der Waals surface area (Å²) in [5.41, 5.74) is 6.43. The van der Waals surface area contributed by atoms with Crippen LogP contribution in [0.25, 0.3) is 11.1 Å². The molecular weight excluding hydrogens is 427 g/mol. The van der Waals surface area contributed by atoms with Gasteiger partial charge in [0.15, 0.2) is 0 Å². The van der Waals surface area contributed by atoms with Crippen molar-refractivity contribution in [2.45, 2.75) is 18.9 Å². The van der Waals surface area contributed by atoms with Gasteiger partial charge in [-0.25, -0.2) is 19.2 Å². The van der Waals surface area contributed by atoms with E-state index in [2.05, 4.69) is 20.2 Å². The van der Waals surface area contributed by atoms with Crippen molar-refractivity contribution < 1.29 is 18.7 Å². The van der Waals surface area contributed by atoms with Gasteiger partial charge in [0, 0.05) is 56.1 Å². The third-order valence-corrected chi connectivity index (χ3v) is 5.20. The summed E-state index contributed by atoms with van der Waals surface area (Å²) in [7, 11) is 0. The predicted molar refractivity (Wildman–Crippen MR) is 116 cm³/mol. The first kappa shape index (κ1) is 22.7. The number of nitrogens with one attached hydrogen (secondary N) is 1. The molecule has 3 N–H and O–H groups in total. The van der Waals surface area contributed by atoms with Gasteiger partial charge in [-0.2, -0.15) is 0 Å². The molecule has 1 unspecified atom stereocenters. The highest BCUT2D eigenvalue weighted by atomic mass is 35.5. The second kappa shape index (κ2) is 9.88. The fourth-order valence-electron chi connectivity index (χ4n) is 3.58. The Hall–Kier alpha value is -2.98. The van der Waals surface area contributed by atoms with Crippen molar-refractivity contribution in [3.63, 3.8) is 0 Å². The normalized spacial score (nSPS) is 18.5. The summed E-state index contributed by atoms with van der Waals surface area (Å²) in [5, 5.41) is 3.27. The van der Waals surface area contributed by atoms with Crippen molar-refractivity contribution in [1.29, 1.82) is 0 Å². The largest absolute Gasteiger partial charge is 0.444 e. The summed E-state index contributed by atoms with van der Waals surface area (Å²) in [6, 6.07) is 4.54. The van der Waals surface area contributed by atoms with Gasteiger partial charge in [0.2, 0.25) is 11.9 Å². The molecule has 2 fully saturated rings. The molecule has 2 aromatic rings. The number of piperazine rings is 1. The van der Waals surface area contributed by atoms with Crippen LogP contribution in [0.15, 0.2) is 30.6 Å². The standard InChI is InChI=1S/C20H23FN6O3.ClH/c21-17-9-14(27-12-15(30-20(27)29)2-4-18(22)28)1-3-16(17)13-10-24-19(25-11-13)26-7-5-23-6-8-26;/h1,3,9-11,15,23H,2,4-8,12H2,(H2,22,28);1H. The van der Waals surface area contributed by atoms with Crippen LogP contribution in [0.2, 0.25) is 0 Å². The van der Waals surface area contributed by atoms with Gasteiger partial charge >= 0.3 is 6.09 Å². The first-order chi connectivity index (χ1) is 14.5. The molecule has 3 heterocycles. The highest BCUT2D eigenvalue weighted by Crippen LogP contribution is 2.29. The van der Waals surface area contributed by atoms with Crippen molar-refractivity contribution in [2.75, 3.05) is 42.5 Å². The molecule has 166 valence electrons. The number of anilines is 2. The third kappa shape index (κ3) is 5.20. The van der Waals surface area contributed by atoms with E-state index in [9.17, 15) is 14.0 Å². The lowest BCUT2D eigenvalue weighted by atomic mass is 10.1. The smallest absolute Gasteiger partial charge is 0.414 e. The van der Waals surface area contributed by atoms with E-state index in [4.69, 9.17) is 10.5 Å². The Morgan fingerprint density at radius 3 is 2.61 bits per heavy atom. The van der Waals surface area contributed by atoms with Gasteiger partial charge in [-0.3, -0.25) is 9.69 Å². The quantitative estimate of drug-likeness (QED) is 0.688. The van der Waals surface area contributed by atoms with Gasteiger partial charge in [0.25, 0.3) is 0 Å². The van der Waals surface area contributed by atoms with Crippen LogP contribution in [0.4, 0.5) is 20.8 Å². The molecule has 0 bridgehead atoms. The van der Waals surface area contributed by atoms with E-state index in [1.165, 1.54) is 11.0 Å². The minimum absolute atomic E-state index is 0. The van der Waals surface area contributed by atoms with Crippen molar-refractivity contribution >= 4 is 36.0 Å². The van der Waals surface area contributed by atoms with Crippen molar-refractivity contribution in [1.82, 2.24) is 15.3 Å². The highest BCUT2D eigenvalue weighted by molar-refractivity contribution is 5.90. The molecule has 4 rings (SSSR count). The lowest BCUT2D eigenvalue weighted by molar-refractivity contribution is -0.118. The monoisotopic (exact) mass is 450 g/mol. The summed E-state index contributed by atoms with van der Waals surface area (Å²) < 4.78 is 20.0. The van der Waals surface area contributed by atoms with E-state index >= 15 is 0 Å². The molecule has 0 spiro atoms. The fourth-order valence-corrected chi connectivity index (χ4v) is 3.58. The zero-order valence-electron chi connectivity index (χ0n) is 16.8. The van der Waals surface area contributed by atoms with Crippen LogP contribution >= 0.6 is 12.4 Å². The first-order valence-corrected chi connectivity index (χ1v) is 9.85. The van der Waals surface area contributed by atoms with Crippen LogP contribution in [0.1, 0.15) is 12.8 Å². The summed E-state index contributed by atoms with van der Waals surface area (Å²) in [5.74, 6) is -0.316. The van der Waals surface area contributed by atoms with Gasteiger partial charge < -0.3 is 20.7 Å². The molecule has 31 heavy (non-hydrogen) atoms. The van der Waals surface area contributed by atoms with Gasteiger partial charge in [-0.05, 0) is 24.6 Å². The number of nitrogens with zero attached hydrogens (tertiary/aromatic N) is 4. The second-order valence-electron chi connectivity index (χ2n) is 7.29. The van der Waals surface area contributed by atoms with Gasteiger partial charge in [0.05, 0.1) is 12.2 Å². The summed E-state index contributed by atoms with van der Waals surface area (Å²) >= 11 is 0. The number of amides is 2. The Balaban J connectivity index is 0.00000272. The van der Waals surface area contributed by atoms with Crippen molar-refractivity contribution in [3.8, 4) is 11.1 Å². The van der Waals surface area contributed by atoms with E-state index in [0.29, 0.717) is 29.2 Å². The number of aromatic nitrogens is 2. The van der Waals surface area contributed by atoms with Gasteiger partial charge in [-0.1, -0.05) is 0 Å². The maximum Gasteiger partial charge on any atom is 0.414 e. The van der Waals surface area contributed by atoms with Gasteiger partial charge in [0.1, 0.15) is 11.9 Å². The molecule has 2 amide bonds. The highest BCUT2D eigenvalue weighted by Gasteiger charge is 2.32. The van der Waals surface area contributed by atoms with Crippen LogP contribution in [-0.4, -0.2) is 60.8 Å². The Kier molecular flexibility index (Phi) is 7.24. The van der Waals surface area contributed by atoms with E-state index in [0.717, 1.165) is 26.2 Å². The van der Waals surface area contributed by atoms with E-state index in [-0.39, 0.29) is 25.4 Å². The first-order valence-electron chi connectivity index (χ1n) is 9.85. The Bertz CT molecular complexity index is 939. The topological polar surface area (TPSA) is 114 Å². The number of hydrogen-bond donors (Lipinski definition) is 2. The number of primary amides is 1. The number of carbonyl (C=O) groups excluding carboxylic acids is 2. The number of benzene rings is 1. The van der Waals surface area contributed by atoms with Crippen LogP contribution in [0.3, 0.4) is 0 Å². The van der Waals surface area contributed by atoms with Crippen molar-refractivity contribution in [2.24, 2.45) is 5.73 Å². The molecule has 1 atom stereocenters. The lowest BCUT2D eigenvalue weighted by Crippen LogP contribution is -2.44. The summed E-state index contributed by atoms with van der Waals surface area (Å²) in [4.78, 5) is 35.2. The van der Waals surface area contributed by atoms with Gasteiger partial charge in [-0.15, -0.1) is 12.4 Å². The molecule has 2 aliphatic rings. The average molecular weight is 451 g/mol. The van der Waals surface area contributed by atoms with E-state index in [1.807, 2.05) is 0 Å². The molecular formula is C20H24ClFN6O3. The number of hydrogen-bond acceptors (Lipinski definition) is 7. The van der Waals surface area contributed by atoms with Crippen LogP contribution < -0.4 is 20.9 Å². The fraction of sp³-hybridized carbons (Fsp3) is 0.400. The van der Waals surface area contributed by atoms with Crippen molar-refractivity contribution in [3.05, 3.63) is 36.4 Å². The molecule has 0 radical (unpaired) electrons. The minimum atomic E-state index is -0.569. The summed E-state index contributed by atoms with van der Waals surface area (Å²) in [6.45, 7) is 3.66. The predicted octanol–water partition coefficient (Wildman–Crippen LogP) is 1.70. The molecule has 2 aliphatic heterocycles. The zero-order chi connectivity index (χ0) is 21.1. The van der Waals surface area contributed by atoms with E-state index < -0.39 is 23.9 Å². The molecule has 2 saturated heterocycles. The van der Waals surface area contributed by atoms with Crippen LogP contribution in [0.5, 0.6) is 0 Å². The number of cyclic esters (lactones) is 1. The molecule has 0 aliphatic carbocycles. The second-order valence-corrected chi connectivity index (χ2v) is 7.29. The molecule has 0 saturated carbocycles. The Morgan fingerprint density at radius 1 is 1.26 bits per heavy atom. The number of ether oxygens (including phenoxy) is 1. The number of halogens is 2.